The fourth-order valence-electron chi connectivity index (χ4n) is 3.03. The van der Waals surface area contributed by atoms with Crippen molar-refractivity contribution in [3.63, 3.8) is 0 Å². The molecule has 0 spiro atoms. The van der Waals surface area contributed by atoms with Gasteiger partial charge in [0.1, 0.15) is 5.75 Å². The topological polar surface area (TPSA) is 34.0 Å². The van der Waals surface area contributed by atoms with Crippen molar-refractivity contribution in [1.82, 2.24) is 4.90 Å². The average Bonchev–Trinajstić information content (AvgIpc) is 2.68. The van der Waals surface area contributed by atoms with Crippen molar-refractivity contribution in [2.24, 2.45) is 0 Å². The lowest BCUT2D eigenvalue weighted by molar-refractivity contribution is -0.898. The van der Waals surface area contributed by atoms with Crippen molar-refractivity contribution in [2.75, 3.05) is 39.3 Å². The highest BCUT2D eigenvalue weighted by Gasteiger charge is 2.23. The number of quaternary nitrogens is 1. The number of nitrogens with one attached hydrogen (secondary N) is 1. The first kappa shape index (κ1) is 19.7. The van der Waals surface area contributed by atoms with E-state index >= 15 is 0 Å². The Kier molecular flexibility index (Phi) is 7.16. The largest absolute Gasteiger partial charge is 0.482 e. The van der Waals surface area contributed by atoms with Crippen LogP contribution in [0.2, 0.25) is 10.0 Å². The van der Waals surface area contributed by atoms with E-state index in [1.165, 1.54) is 10.5 Å². The summed E-state index contributed by atoms with van der Waals surface area (Å²) in [7, 11) is 0. The molecule has 1 heterocycles. The fourth-order valence-corrected chi connectivity index (χ4v) is 3.49. The van der Waals surface area contributed by atoms with Crippen molar-refractivity contribution < 1.29 is 14.4 Å². The number of benzene rings is 2. The molecular formula is C21H23Cl2N2O2+. The third-order valence-corrected chi connectivity index (χ3v) is 5.12. The Bertz CT molecular complexity index is 788. The summed E-state index contributed by atoms with van der Waals surface area (Å²) in [6.07, 6.45) is 4.35. The van der Waals surface area contributed by atoms with E-state index in [0.717, 1.165) is 32.7 Å². The number of halogens is 2. The summed E-state index contributed by atoms with van der Waals surface area (Å²) in [4.78, 5) is 15.7. The van der Waals surface area contributed by atoms with Gasteiger partial charge < -0.3 is 14.5 Å². The number of carbonyl (C=O) groups excluding carboxylic acids is 1. The van der Waals surface area contributed by atoms with Crippen LogP contribution in [0.3, 0.4) is 0 Å². The maximum atomic E-state index is 12.4. The Morgan fingerprint density at radius 3 is 2.56 bits per heavy atom. The first-order valence-corrected chi connectivity index (χ1v) is 9.78. The van der Waals surface area contributed by atoms with E-state index in [2.05, 4.69) is 24.3 Å². The van der Waals surface area contributed by atoms with Gasteiger partial charge in [-0.05, 0) is 29.8 Å². The van der Waals surface area contributed by atoms with Crippen molar-refractivity contribution in [3.05, 3.63) is 70.2 Å². The van der Waals surface area contributed by atoms with E-state index in [-0.39, 0.29) is 12.5 Å². The third kappa shape index (κ3) is 5.99. The van der Waals surface area contributed by atoms with Crippen LogP contribution < -0.4 is 9.64 Å². The number of piperazine rings is 1. The number of nitrogens with zero attached hydrogens (tertiary/aromatic N) is 1. The maximum Gasteiger partial charge on any atom is 0.260 e. The number of hydrogen-bond acceptors (Lipinski definition) is 2. The van der Waals surface area contributed by atoms with Crippen molar-refractivity contribution in [1.29, 1.82) is 0 Å². The number of carbonyl (C=O) groups is 1. The highest BCUT2D eigenvalue weighted by atomic mass is 35.5. The normalized spacial score (nSPS) is 15.3. The monoisotopic (exact) mass is 405 g/mol. The molecule has 1 saturated heterocycles. The van der Waals surface area contributed by atoms with Crippen LogP contribution in [0.25, 0.3) is 6.08 Å². The number of rotatable bonds is 6. The second kappa shape index (κ2) is 9.79. The summed E-state index contributed by atoms with van der Waals surface area (Å²) in [5.41, 5.74) is 1.21. The van der Waals surface area contributed by atoms with Crippen LogP contribution in [-0.4, -0.2) is 50.1 Å². The van der Waals surface area contributed by atoms with Gasteiger partial charge in [-0.3, -0.25) is 4.79 Å². The zero-order valence-electron chi connectivity index (χ0n) is 15.0. The molecule has 0 radical (unpaired) electrons. The zero-order chi connectivity index (χ0) is 19.1. The smallest absolute Gasteiger partial charge is 0.260 e. The van der Waals surface area contributed by atoms with Crippen LogP contribution in [0.4, 0.5) is 0 Å². The van der Waals surface area contributed by atoms with Gasteiger partial charge in [-0.2, -0.15) is 0 Å². The second-order valence-corrected chi connectivity index (χ2v) is 7.36. The number of amides is 1. The molecule has 1 amide bonds. The van der Waals surface area contributed by atoms with Crippen LogP contribution in [0, 0.1) is 0 Å². The van der Waals surface area contributed by atoms with E-state index in [4.69, 9.17) is 27.9 Å². The molecule has 142 valence electrons. The molecule has 0 aromatic heterocycles. The van der Waals surface area contributed by atoms with Crippen LogP contribution in [0.5, 0.6) is 5.75 Å². The summed E-state index contributed by atoms with van der Waals surface area (Å²) in [5, 5.41) is 0.953. The predicted octanol–water partition coefficient (Wildman–Crippen LogP) is 2.81. The lowest BCUT2D eigenvalue weighted by Crippen LogP contribution is -3.14. The van der Waals surface area contributed by atoms with Gasteiger partial charge in [-0.25, -0.2) is 0 Å². The van der Waals surface area contributed by atoms with Crippen LogP contribution in [0.1, 0.15) is 5.56 Å². The van der Waals surface area contributed by atoms with Crippen LogP contribution in [-0.2, 0) is 4.79 Å². The van der Waals surface area contributed by atoms with Gasteiger partial charge in [0.2, 0.25) is 0 Å². The minimum Gasteiger partial charge on any atom is -0.482 e. The molecule has 0 saturated carbocycles. The molecule has 0 bridgehead atoms. The third-order valence-electron chi connectivity index (χ3n) is 4.58. The lowest BCUT2D eigenvalue weighted by atomic mass is 10.2. The summed E-state index contributed by atoms with van der Waals surface area (Å²) >= 11 is 11.9. The zero-order valence-corrected chi connectivity index (χ0v) is 16.5. The molecular weight excluding hydrogens is 383 g/mol. The Morgan fingerprint density at radius 1 is 1.11 bits per heavy atom. The number of hydrogen-bond donors (Lipinski definition) is 1. The molecule has 1 fully saturated rings. The molecule has 1 aliphatic heterocycles. The van der Waals surface area contributed by atoms with Crippen molar-refractivity contribution in [3.8, 4) is 5.75 Å². The highest BCUT2D eigenvalue weighted by molar-refractivity contribution is 6.35. The molecule has 4 nitrogen and oxygen atoms in total. The van der Waals surface area contributed by atoms with Crippen LogP contribution >= 0.6 is 23.2 Å². The summed E-state index contributed by atoms with van der Waals surface area (Å²) in [6, 6.07) is 15.3. The van der Waals surface area contributed by atoms with E-state index in [0.29, 0.717) is 15.8 Å². The van der Waals surface area contributed by atoms with Gasteiger partial charge in [-0.1, -0.05) is 59.6 Å². The Balaban J connectivity index is 1.40. The average molecular weight is 406 g/mol. The predicted molar refractivity (Wildman–Crippen MR) is 110 cm³/mol. The second-order valence-electron chi connectivity index (χ2n) is 6.51. The maximum absolute atomic E-state index is 12.4. The van der Waals surface area contributed by atoms with E-state index in [1.807, 2.05) is 23.1 Å². The molecule has 2 aromatic carbocycles. The quantitative estimate of drug-likeness (QED) is 0.801. The van der Waals surface area contributed by atoms with E-state index in [1.54, 1.807) is 18.2 Å². The Hall–Kier alpha value is -2.01. The van der Waals surface area contributed by atoms with Crippen molar-refractivity contribution >= 4 is 35.2 Å². The summed E-state index contributed by atoms with van der Waals surface area (Å²) in [5.74, 6) is 0.463. The van der Waals surface area contributed by atoms with Gasteiger partial charge in [0.25, 0.3) is 5.91 Å². The molecule has 1 N–H and O–H groups in total. The van der Waals surface area contributed by atoms with Gasteiger partial charge in [-0.15, -0.1) is 0 Å². The minimum absolute atomic E-state index is 0.00933. The number of ether oxygens (including phenoxy) is 1. The molecule has 3 rings (SSSR count). The summed E-state index contributed by atoms with van der Waals surface area (Å²) < 4.78 is 5.55. The highest BCUT2D eigenvalue weighted by Crippen LogP contribution is 2.27. The van der Waals surface area contributed by atoms with Gasteiger partial charge >= 0.3 is 0 Å². The lowest BCUT2D eigenvalue weighted by Gasteiger charge is -2.31. The van der Waals surface area contributed by atoms with Crippen molar-refractivity contribution in [2.45, 2.75) is 0 Å². The molecule has 0 atom stereocenters. The molecule has 6 heteroatoms. The van der Waals surface area contributed by atoms with Crippen LogP contribution in [0.15, 0.2) is 54.6 Å². The first-order valence-electron chi connectivity index (χ1n) is 9.02. The first-order chi connectivity index (χ1) is 13.1. The Morgan fingerprint density at radius 2 is 1.85 bits per heavy atom. The molecule has 1 aliphatic rings. The minimum atomic E-state index is -0.0140. The summed E-state index contributed by atoms with van der Waals surface area (Å²) in [6.45, 7) is 4.31. The Labute approximate surface area is 169 Å². The molecule has 0 unspecified atom stereocenters. The van der Waals surface area contributed by atoms with Gasteiger partial charge in [0, 0.05) is 5.02 Å². The molecule has 27 heavy (non-hydrogen) atoms. The fraction of sp³-hybridized carbons (Fsp3) is 0.286. The standard InChI is InChI=1S/C21H22Cl2N2O2/c22-18-8-9-20(19(23)15-18)27-16-21(26)25-13-11-24(12-14-25)10-4-7-17-5-2-1-3-6-17/h1-9,15H,10-14,16H2/p+1/b7-4+. The molecule has 2 aromatic rings. The van der Waals surface area contributed by atoms with E-state index in [9.17, 15) is 4.79 Å². The van der Waals surface area contributed by atoms with Gasteiger partial charge in [0.15, 0.2) is 6.61 Å². The molecule has 0 aliphatic carbocycles. The van der Waals surface area contributed by atoms with E-state index < -0.39 is 0 Å². The van der Waals surface area contributed by atoms with Gasteiger partial charge in [0.05, 0.1) is 37.7 Å². The SMILES string of the molecule is O=C(COc1ccc(Cl)cc1Cl)N1CC[NH+](C/C=C/c2ccccc2)CC1.